The van der Waals surface area contributed by atoms with E-state index in [0.29, 0.717) is 17.2 Å². The molecule has 0 fully saturated rings. The average molecular weight is 297 g/mol. The van der Waals surface area contributed by atoms with E-state index in [9.17, 15) is 9.59 Å². The van der Waals surface area contributed by atoms with E-state index in [-0.39, 0.29) is 13.0 Å². The molecular formula is C14H19NO6. The lowest BCUT2D eigenvalue weighted by molar-refractivity contribution is -0.139. The summed E-state index contributed by atoms with van der Waals surface area (Å²) in [4.78, 5) is 23.4. The van der Waals surface area contributed by atoms with Gasteiger partial charge >= 0.3 is 11.9 Å². The van der Waals surface area contributed by atoms with Crippen LogP contribution in [0, 0.1) is 0 Å². The van der Waals surface area contributed by atoms with E-state index < -0.39 is 18.0 Å². The van der Waals surface area contributed by atoms with Gasteiger partial charge in [0.05, 0.1) is 20.6 Å². The van der Waals surface area contributed by atoms with E-state index in [1.807, 2.05) is 0 Å². The SMILES string of the molecule is COc1ccc(N(CCC(=O)O)C(C)C(=O)O)cc1OC. The second-order valence-corrected chi connectivity index (χ2v) is 4.39. The van der Waals surface area contributed by atoms with Gasteiger partial charge in [0.25, 0.3) is 0 Å². The number of rotatable bonds is 8. The molecule has 1 aromatic carbocycles. The monoisotopic (exact) mass is 297 g/mol. The summed E-state index contributed by atoms with van der Waals surface area (Å²) in [6.45, 7) is 1.58. The summed E-state index contributed by atoms with van der Waals surface area (Å²) in [6, 6.07) is 4.08. The molecule has 0 aliphatic carbocycles. The molecule has 0 bridgehead atoms. The fourth-order valence-electron chi connectivity index (χ4n) is 1.90. The van der Waals surface area contributed by atoms with Gasteiger partial charge in [-0.15, -0.1) is 0 Å². The third-order valence-corrected chi connectivity index (χ3v) is 3.09. The first-order valence-corrected chi connectivity index (χ1v) is 6.34. The minimum atomic E-state index is -1.03. The summed E-state index contributed by atoms with van der Waals surface area (Å²) in [5, 5.41) is 18.0. The van der Waals surface area contributed by atoms with Gasteiger partial charge in [-0.2, -0.15) is 0 Å². The molecule has 1 unspecified atom stereocenters. The maximum atomic E-state index is 11.2. The van der Waals surface area contributed by atoms with Crippen LogP contribution in [0.1, 0.15) is 13.3 Å². The summed E-state index contributed by atoms with van der Waals surface area (Å²) < 4.78 is 10.3. The number of carboxylic acid groups (broad SMARTS) is 2. The van der Waals surface area contributed by atoms with Crippen LogP contribution < -0.4 is 14.4 Å². The van der Waals surface area contributed by atoms with Crippen LogP contribution >= 0.6 is 0 Å². The zero-order valence-corrected chi connectivity index (χ0v) is 12.2. The third kappa shape index (κ3) is 4.27. The van der Waals surface area contributed by atoms with Crippen LogP contribution in [-0.2, 0) is 9.59 Å². The Morgan fingerprint density at radius 2 is 1.81 bits per heavy atom. The number of nitrogens with zero attached hydrogens (tertiary/aromatic N) is 1. The van der Waals surface area contributed by atoms with Crippen molar-refractivity contribution in [2.75, 3.05) is 25.7 Å². The van der Waals surface area contributed by atoms with Crippen molar-refractivity contribution in [3.05, 3.63) is 18.2 Å². The zero-order chi connectivity index (χ0) is 16.0. The topological polar surface area (TPSA) is 96.3 Å². The van der Waals surface area contributed by atoms with Gasteiger partial charge in [0, 0.05) is 18.3 Å². The Morgan fingerprint density at radius 3 is 2.29 bits per heavy atom. The van der Waals surface area contributed by atoms with Gasteiger partial charge in [-0.05, 0) is 19.1 Å². The molecule has 0 amide bonds. The predicted octanol–water partition coefficient (Wildman–Crippen LogP) is 1.46. The highest BCUT2D eigenvalue weighted by Crippen LogP contribution is 2.32. The number of ether oxygens (including phenoxy) is 2. The van der Waals surface area contributed by atoms with Crippen molar-refractivity contribution in [1.29, 1.82) is 0 Å². The second kappa shape index (κ2) is 7.37. The number of aliphatic carboxylic acids is 2. The van der Waals surface area contributed by atoms with Gasteiger partial charge in [0.15, 0.2) is 11.5 Å². The molecule has 0 saturated carbocycles. The fraction of sp³-hybridized carbons (Fsp3) is 0.429. The van der Waals surface area contributed by atoms with Gasteiger partial charge in [-0.3, -0.25) is 4.79 Å². The number of hydrogen-bond acceptors (Lipinski definition) is 5. The second-order valence-electron chi connectivity index (χ2n) is 4.39. The molecule has 2 N–H and O–H groups in total. The predicted molar refractivity (Wildman–Crippen MR) is 76.2 cm³/mol. The van der Waals surface area contributed by atoms with Crippen molar-refractivity contribution in [2.24, 2.45) is 0 Å². The molecule has 1 rings (SSSR count). The van der Waals surface area contributed by atoms with E-state index >= 15 is 0 Å². The number of benzene rings is 1. The third-order valence-electron chi connectivity index (χ3n) is 3.09. The van der Waals surface area contributed by atoms with Crippen LogP contribution in [0.25, 0.3) is 0 Å². The molecule has 116 valence electrons. The summed E-state index contributed by atoms with van der Waals surface area (Å²) in [5.41, 5.74) is 0.559. The lowest BCUT2D eigenvalue weighted by Gasteiger charge is -2.28. The molecule has 21 heavy (non-hydrogen) atoms. The van der Waals surface area contributed by atoms with Gasteiger partial charge in [0.1, 0.15) is 6.04 Å². The molecule has 0 spiro atoms. The first kappa shape index (κ1) is 16.6. The molecule has 7 nitrogen and oxygen atoms in total. The molecule has 1 atom stereocenters. The molecule has 0 heterocycles. The molecule has 0 radical (unpaired) electrons. The highest BCUT2D eigenvalue weighted by atomic mass is 16.5. The Labute approximate surface area is 122 Å². The Morgan fingerprint density at radius 1 is 1.19 bits per heavy atom. The number of methoxy groups -OCH3 is 2. The first-order valence-electron chi connectivity index (χ1n) is 6.34. The number of hydrogen-bond donors (Lipinski definition) is 2. The lowest BCUT2D eigenvalue weighted by atomic mass is 10.2. The fourth-order valence-corrected chi connectivity index (χ4v) is 1.90. The van der Waals surface area contributed by atoms with Crippen molar-refractivity contribution < 1.29 is 29.3 Å². The summed E-state index contributed by atoms with van der Waals surface area (Å²) >= 11 is 0. The van der Waals surface area contributed by atoms with Crippen LogP contribution in [0.4, 0.5) is 5.69 Å². The van der Waals surface area contributed by atoms with E-state index in [2.05, 4.69) is 0 Å². The van der Waals surface area contributed by atoms with Gasteiger partial charge < -0.3 is 24.6 Å². The normalized spacial score (nSPS) is 11.6. The van der Waals surface area contributed by atoms with Crippen molar-refractivity contribution in [3.63, 3.8) is 0 Å². The summed E-state index contributed by atoms with van der Waals surface area (Å²) in [7, 11) is 2.98. The van der Waals surface area contributed by atoms with Gasteiger partial charge in [-0.1, -0.05) is 0 Å². The van der Waals surface area contributed by atoms with Gasteiger partial charge in [0.2, 0.25) is 0 Å². The Hall–Kier alpha value is -2.44. The maximum absolute atomic E-state index is 11.2. The molecule has 0 aromatic heterocycles. The van der Waals surface area contributed by atoms with Crippen LogP contribution in [0.3, 0.4) is 0 Å². The standard InChI is InChI=1S/C14H19NO6/c1-9(14(18)19)15(7-6-13(16)17)10-4-5-11(20-2)12(8-10)21-3/h4-5,8-9H,6-7H2,1-3H3,(H,16,17)(H,18,19). The van der Waals surface area contributed by atoms with Crippen molar-refractivity contribution >= 4 is 17.6 Å². The summed E-state index contributed by atoms with van der Waals surface area (Å²) in [6.07, 6.45) is -0.161. The minimum absolute atomic E-state index is 0.0816. The molecule has 0 aliphatic rings. The van der Waals surface area contributed by atoms with Crippen molar-refractivity contribution in [1.82, 2.24) is 0 Å². The quantitative estimate of drug-likeness (QED) is 0.749. The van der Waals surface area contributed by atoms with E-state index in [1.165, 1.54) is 26.0 Å². The molecule has 7 heteroatoms. The largest absolute Gasteiger partial charge is 0.493 e. The number of anilines is 1. The van der Waals surface area contributed by atoms with Crippen molar-refractivity contribution in [3.8, 4) is 11.5 Å². The first-order chi connectivity index (χ1) is 9.90. The van der Waals surface area contributed by atoms with Gasteiger partial charge in [-0.25, -0.2) is 4.79 Å². The van der Waals surface area contributed by atoms with E-state index in [4.69, 9.17) is 19.7 Å². The zero-order valence-electron chi connectivity index (χ0n) is 12.2. The molecule has 1 aromatic rings. The van der Waals surface area contributed by atoms with Crippen LogP contribution in [-0.4, -0.2) is 49.0 Å². The smallest absolute Gasteiger partial charge is 0.326 e. The maximum Gasteiger partial charge on any atom is 0.326 e. The highest BCUT2D eigenvalue weighted by Gasteiger charge is 2.22. The van der Waals surface area contributed by atoms with E-state index in [1.54, 1.807) is 18.2 Å². The highest BCUT2D eigenvalue weighted by molar-refractivity contribution is 5.78. The van der Waals surface area contributed by atoms with Crippen LogP contribution in [0.2, 0.25) is 0 Å². The minimum Gasteiger partial charge on any atom is -0.493 e. The van der Waals surface area contributed by atoms with Crippen LogP contribution in [0.15, 0.2) is 18.2 Å². The molecule has 0 saturated heterocycles. The lowest BCUT2D eigenvalue weighted by Crippen LogP contribution is -2.40. The van der Waals surface area contributed by atoms with Crippen molar-refractivity contribution in [2.45, 2.75) is 19.4 Å². The van der Waals surface area contributed by atoms with Crippen LogP contribution in [0.5, 0.6) is 11.5 Å². The number of carbonyl (C=O) groups is 2. The molecular weight excluding hydrogens is 278 g/mol. The molecule has 0 aliphatic heterocycles. The average Bonchev–Trinajstić information content (AvgIpc) is 2.46. The number of carboxylic acids is 2. The Balaban J connectivity index is 3.12. The Kier molecular flexibility index (Phi) is 5.83. The summed E-state index contributed by atoms with van der Waals surface area (Å²) in [5.74, 6) is -1.05. The van der Waals surface area contributed by atoms with E-state index in [0.717, 1.165) is 0 Å². The Bertz CT molecular complexity index is 516.